The van der Waals surface area contributed by atoms with Gasteiger partial charge in [-0.05, 0) is 65.4 Å². The topological polar surface area (TPSA) is 52.2 Å². The van der Waals surface area contributed by atoms with Crippen molar-refractivity contribution in [2.75, 3.05) is 32.7 Å². The maximum atomic E-state index is 12.7. The largest absolute Gasteiger partial charge is 0.301 e. The lowest BCUT2D eigenvalue weighted by molar-refractivity contribution is -0.117. The zero-order chi connectivity index (χ0) is 28.9. The SMILES string of the molecule is C.CC.CC.CCN1CCN(Cc2cccc(/C=C/c3n[nH]c4cc(C)c(CC(=O)Cc5cccs5)cc34)c2)CC1.[HH]. The fourth-order valence-electron chi connectivity index (χ4n) is 4.93. The van der Waals surface area contributed by atoms with E-state index in [1.807, 2.05) is 45.2 Å². The predicted octanol–water partition coefficient (Wildman–Crippen LogP) is 8.53. The molecular weight excluding hydrogens is 524 g/mol. The van der Waals surface area contributed by atoms with Crippen molar-refractivity contribution in [1.29, 1.82) is 0 Å². The molecule has 5 nitrogen and oxygen atoms in total. The van der Waals surface area contributed by atoms with E-state index in [0.29, 0.717) is 12.8 Å². The molecular formula is C35H52N4OS. The number of aromatic nitrogens is 2. The first-order chi connectivity index (χ1) is 19.6. The molecule has 0 unspecified atom stereocenters. The molecule has 5 rings (SSSR count). The van der Waals surface area contributed by atoms with E-state index in [9.17, 15) is 4.79 Å². The summed E-state index contributed by atoms with van der Waals surface area (Å²) in [7, 11) is 0. The first kappa shape index (κ1) is 34.1. The summed E-state index contributed by atoms with van der Waals surface area (Å²) >= 11 is 1.64. The van der Waals surface area contributed by atoms with Crippen LogP contribution in [0.3, 0.4) is 0 Å². The lowest BCUT2D eigenvalue weighted by Gasteiger charge is -2.34. The number of benzene rings is 2. The molecule has 0 saturated carbocycles. The van der Waals surface area contributed by atoms with Gasteiger partial charge >= 0.3 is 0 Å². The molecule has 1 N–H and O–H groups in total. The maximum absolute atomic E-state index is 12.7. The highest BCUT2D eigenvalue weighted by molar-refractivity contribution is 7.10. The molecule has 3 heterocycles. The number of aromatic amines is 1. The summed E-state index contributed by atoms with van der Waals surface area (Å²) in [5.74, 6) is 0.244. The van der Waals surface area contributed by atoms with E-state index in [1.165, 1.54) is 11.1 Å². The Labute approximate surface area is 253 Å². The number of rotatable bonds is 9. The van der Waals surface area contributed by atoms with Crippen LogP contribution in [0, 0.1) is 6.92 Å². The molecule has 0 bridgehead atoms. The number of aryl methyl sites for hydroxylation is 1. The van der Waals surface area contributed by atoms with E-state index in [2.05, 4.69) is 82.4 Å². The molecule has 2 aromatic carbocycles. The second kappa shape index (κ2) is 17.7. The highest BCUT2D eigenvalue weighted by atomic mass is 32.1. The molecule has 1 saturated heterocycles. The molecule has 1 aliphatic heterocycles. The average Bonchev–Trinajstić information content (AvgIpc) is 3.64. The van der Waals surface area contributed by atoms with Crippen molar-refractivity contribution in [3.63, 3.8) is 0 Å². The minimum Gasteiger partial charge on any atom is -0.301 e. The van der Waals surface area contributed by atoms with Crippen molar-refractivity contribution in [3.8, 4) is 0 Å². The van der Waals surface area contributed by atoms with Gasteiger partial charge in [0.1, 0.15) is 5.78 Å². The summed E-state index contributed by atoms with van der Waals surface area (Å²) in [4.78, 5) is 18.8. The zero-order valence-electron chi connectivity index (χ0n) is 25.2. The number of carbonyl (C=O) groups excluding carboxylic acids is 1. The molecule has 0 amide bonds. The molecule has 6 heteroatoms. The molecule has 4 aromatic rings. The number of likely N-dealkylation sites (N-methyl/N-ethyl adjacent to an activating group) is 1. The van der Waals surface area contributed by atoms with E-state index in [1.54, 1.807) is 11.3 Å². The van der Waals surface area contributed by atoms with Crippen LogP contribution in [-0.4, -0.2) is 58.5 Å². The van der Waals surface area contributed by atoms with Gasteiger partial charge in [-0.25, -0.2) is 0 Å². The van der Waals surface area contributed by atoms with Gasteiger partial charge in [0.25, 0.3) is 0 Å². The molecule has 0 radical (unpaired) electrons. The third-order valence-corrected chi connectivity index (χ3v) is 7.97. The van der Waals surface area contributed by atoms with Crippen LogP contribution in [0.1, 0.15) is 76.3 Å². The third kappa shape index (κ3) is 9.77. The summed E-state index contributed by atoms with van der Waals surface area (Å²) in [5, 5.41) is 10.8. The monoisotopic (exact) mass is 576 g/mol. The van der Waals surface area contributed by atoms with Gasteiger partial charge in [0.05, 0.1) is 11.2 Å². The van der Waals surface area contributed by atoms with Crippen molar-refractivity contribution < 1.29 is 6.22 Å². The van der Waals surface area contributed by atoms with Crippen LogP contribution in [0.4, 0.5) is 0 Å². The number of nitrogens with zero attached hydrogens (tertiary/aromatic N) is 3. The first-order valence-corrected chi connectivity index (χ1v) is 15.7. The fraction of sp³-hybridized carbons (Fsp3) is 0.429. The molecule has 41 heavy (non-hydrogen) atoms. The number of thiophene rings is 1. The fourth-order valence-corrected chi connectivity index (χ4v) is 5.66. The second-order valence-electron chi connectivity index (χ2n) is 9.69. The van der Waals surface area contributed by atoms with Crippen molar-refractivity contribution >= 4 is 40.2 Å². The summed E-state index contributed by atoms with van der Waals surface area (Å²) in [6, 6.07) is 17.0. The van der Waals surface area contributed by atoms with Crippen LogP contribution in [0.15, 0.2) is 53.9 Å². The van der Waals surface area contributed by atoms with Gasteiger partial charge in [0.15, 0.2) is 0 Å². The van der Waals surface area contributed by atoms with Gasteiger partial charge in [0.2, 0.25) is 0 Å². The molecule has 0 atom stereocenters. The Morgan fingerprint density at radius 1 is 0.976 bits per heavy atom. The Bertz CT molecular complexity index is 1350. The van der Waals surface area contributed by atoms with Gasteiger partial charge in [-0.1, -0.05) is 78.5 Å². The number of hydrogen-bond donors (Lipinski definition) is 1. The smallest absolute Gasteiger partial charge is 0.142 e. The first-order valence-electron chi connectivity index (χ1n) is 14.8. The van der Waals surface area contributed by atoms with E-state index >= 15 is 0 Å². The van der Waals surface area contributed by atoms with Crippen LogP contribution in [0.2, 0.25) is 0 Å². The van der Waals surface area contributed by atoms with E-state index in [0.717, 1.165) is 71.9 Å². The number of ketones is 1. The van der Waals surface area contributed by atoms with Crippen LogP contribution in [0.5, 0.6) is 0 Å². The van der Waals surface area contributed by atoms with Crippen molar-refractivity contribution in [1.82, 2.24) is 20.0 Å². The number of fused-ring (bicyclic) bond motifs is 1. The van der Waals surface area contributed by atoms with Crippen LogP contribution >= 0.6 is 11.3 Å². The van der Waals surface area contributed by atoms with Gasteiger partial charge in [-0.15, -0.1) is 11.3 Å². The van der Waals surface area contributed by atoms with Gasteiger partial charge in [-0.2, -0.15) is 5.10 Å². The number of piperazine rings is 1. The van der Waals surface area contributed by atoms with Gasteiger partial charge in [-0.3, -0.25) is 14.8 Å². The van der Waals surface area contributed by atoms with Crippen molar-refractivity contribution in [3.05, 3.63) is 86.7 Å². The second-order valence-corrected chi connectivity index (χ2v) is 10.7. The quantitative estimate of drug-likeness (QED) is 0.217. The zero-order valence-corrected chi connectivity index (χ0v) is 26.0. The van der Waals surface area contributed by atoms with Crippen molar-refractivity contribution in [2.45, 2.75) is 68.4 Å². The lowest BCUT2D eigenvalue weighted by Crippen LogP contribution is -2.45. The molecule has 1 fully saturated rings. The Hall–Kier alpha value is -3.06. The minimum absolute atomic E-state index is 0. The van der Waals surface area contributed by atoms with Gasteiger partial charge in [0, 0.05) is 57.3 Å². The Balaban J connectivity index is 0.00000141. The predicted molar refractivity (Wildman–Crippen MR) is 182 cm³/mol. The highest BCUT2D eigenvalue weighted by Crippen LogP contribution is 2.24. The van der Waals surface area contributed by atoms with Crippen LogP contribution in [-0.2, 0) is 24.2 Å². The molecule has 0 spiro atoms. The summed E-state index contributed by atoms with van der Waals surface area (Å²) in [5.41, 5.74) is 6.61. The number of nitrogens with one attached hydrogen (secondary N) is 1. The maximum Gasteiger partial charge on any atom is 0.142 e. The number of carbonyl (C=O) groups is 1. The normalized spacial score (nSPS) is 13.7. The Morgan fingerprint density at radius 2 is 1.71 bits per heavy atom. The average molecular weight is 577 g/mol. The number of Topliss-reactive ketones (excluding diaryl/α,β-unsaturated/α-hetero) is 1. The molecule has 224 valence electrons. The Kier molecular flexibility index (Phi) is 14.7. The van der Waals surface area contributed by atoms with E-state index in [-0.39, 0.29) is 14.6 Å². The summed E-state index contributed by atoms with van der Waals surface area (Å²) in [6.45, 7) is 19.0. The van der Waals surface area contributed by atoms with Crippen LogP contribution < -0.4 is 0 Å². The standard InChI is InChI=1S/C30H34N4OS.2C2H6.CH4.H2/c1-3-33-11-13-34(14-12-33)21-24-7-4-6-23(17-24)9-10-29-28-19-25(22(2)16-30(28)32-31-29)18-26(35)20-27-8-5-15-36-27;2*1-2;;/h4-10,15-17,19H,3,11-14,18,20-21H2,1-2H3,(H,31,32);2*1-2H3;1H4;1H/b10-9+;;;;. The summed E-state index contributed by atoms with van der Waals surface area (Å²) in [6.07, 6.45) is 5.15. The van der Waals surface area contributed by atoms with Crippen molar-refractivity contribution in [2.24, 2.45) is 0 Å². The lowest BCUT2D eigenvalue weighted by atomic mass is 9.98. The van der Waals surface area contributed by atoms with E-state index < -0.39 is 0 Å². The molecule has 2 aromatic heterocycles. The van der Waals surface area contributed by atoms with Gasteiger partial charge < -0.3 is 4.90 Å². The number of hydrogen-bond acceptors (Lipinski definition) is 5. The third-order valence-electron chi connectivity index (χ3n) is 7.09. The number of H-pyrrole nitrogens is 1. The summed E-state index contributed by atoms with van der Waals surface area (Å²) < 4.78 is 0. The highest BCUT2D eigenvalue weighted by Gasteiger charge is 2.15. The molecule has 1 aliphatic rings. The molecule has 0 aliphatic carbocycles. The van der Waals surface area contributed by atoms with E-state index in [4.69, 9.17) is 0 Å². The Morgan fingerprint density at radius 3 is 2.39 bits per heavy atom. The van der Waals surface area contributed by atoms with Crippen LogP contribution in [0.25, 0.3) is 23.1 Å². The minimum atomic E-state index is 0.